The number of nitrogens with one attached hydrogen (secondary N) is 1. The topological polar surface area (TPSA) is 85.1 Å². The van der Waals surface area contributed by atoms with E-state index < -0.39 is 10.0 Å². The molecule has 106 valence electrons. The molecule has 0 aliphatic rings. The molecule has 1 heterocycles. The van der Waals surface area contributed by atoms with Crippen molar-refractivity contribution in [3.63, 3.8) is 0 Å². The highest BCUT2D eigenvalue weighted by molar-refractivity contribution is 7.92. The number of rotatable bonds is 5. The van der Waals surface area contributed by atoms with Gasteiger partial charge in [-0.25, -0.2) is 8.42 Å². The van der Waals surface area contributed by atoms with Gasteiger partial charge in [-0.15, -0.1) is 0 Å². The lowest BCUT2D eigenvalue weighted by molar-refractivity contribution is 0.595. The summed E-state index contributed by atoms with van der Waals surface area (Å²) < 4.78 is 26.8. The Kier molecular flexibility index (Phi) is 4.24. The second-order valence-electron chi connectivity index (χ2n) is 4.66. The molecule has 0 radical (unpaired) electrons. The fourth-order valence-electron chi connectivity index (χ4n) is 1.92. The van der Waals surface area contributed by atoms with Crippen molar-refractivity contribution >= 4 is 21.4 Å². The lowest BCUT2D eigenvalue weighted by Crippen LogP contribution is -2.21. The largest absolute Gasteiger partial charge is 0.396 e. The molecule has 0 saturated carbocycles. The van der Waals surface area contributed by atoms with Gasteiger partial charge >= 0.3 is 0 Å². The first-order chi connectivity index (χ1) is 9.48. The smallest absolute Gasteiger partial charge is 0.233 e. The maximum Gasteiger partial charge on any atom is 0.233 e. The monoisotopic (exact) mass is 291 g/mol. The van der Waals surface area contributed by atoms with Crippen LogP contribution in [-0.4, -0.2) is 19.2 Å². The van der Waals surface area contributed by atoms with E-state index >= 15 is 0 Å². The number of hydrogen-bond acceptors (Lipinski definition) is 4. The van der Waals surface area contributed by atoms with Crippen LogP contribution in [0.5, 0.6) is 0 Å². The minimum atomic E-state index is -3.46. The minimum absolute atomic E-state index is 0.00121. The van der Waals surface area contributed by atoms with Gasteiger partial charge in [-0.3, -0.25) is 9.71 Å². The van der Waals surface area contributed by atoms with Gasteiger partial charge in [-0.2, -0.15) is 0 Å². The number of anilines is 2. The van der Waals surface area contributed by atoms with Crippen LogP contribution in [0.1, 0.15) is 18.4 Å². The van der Waals surface area contributed by atoms with Crippen LogP contribution in [0, 0.1) is 0 Å². The average Bonchev–Trinajstić information content (AvgIpc) is 2.41. The first-order valence-electron chi connectivity index (χ1n) is 6.23. The highest BCUT2D eigenvalue weighted by Crippen LogP contribution is 2.21. The summed E-state index contributed by atoms with van der Waals surface area (Å²) in [6.45, 7) is 1.88. The zero-order valence-electron chi connectivity index (χ0n) is 11.2. The van der Waals surface area contributed by atoms with Crippen LogP contribution in [0.3, 0.4) is 0 Å². The molecule has 0 bridgehead atoms. The molecule has 0 aliphatic heterocycles. The first kappa shape index (κ1) is 14.3. The van der Waals surface area contributed by atoms with Gasteiger partial charge in [-0.05, 0) is 17.5 Å². The third-order valence-electron chi connectivity index (χ3n) is 2.96. The minimum Gasteiger partial charge on any atom is -0.396 e. The summed E-state index contributed by atoms with van der Waals surface area (Å²) in [7, 11) is -3.46. The summed E-state index contributed by atoms with van der Waals surface area (Å²) in [5.41, 5.74) is 7.34. The molecule has 2 rings (SSSR count). The van der Waals surface area contributed by atoms with Crippen LogP contribution in [0.2, 0.25) is 0 Å². The van der Waals surface area contributed by atoms with E-state index in [1.165, 1.54) is 12.4 Å². The molecular weight excluding hydrogens is 274 g/mol. The third-order valence-corrected chi connectivity index (χ3v) is 4.43. The van der Waals surface area contributed by atoms with E-state index in [0.717, 1.165) is 5.56 Å². The van der Waals surface area contributed by atoms with E-state index in [4.69, 9.17) is 5.73 Å². The number of aromatic nitrogens is 1. The van der Waals surface area contributed by atoms with Crippen LogP contribution >= 0.6 is 0 Å². The van der Waals surface area contributed by atoms with Gasteiger partial charge in [0.2, 0.25) is 10.0 Å². The summed E-state index contributed by atoms with van der Waals surface area (Å²) in [5, 5.41) is 0. The number of nitrogen functional groups attached to an aromatic ring is 1. The molecule has 1 unspecified atom stereocenters. The summed E-state index contributed by atoms with van der Waals surface area (Å²) >= 11 is 0. The maximum absolute atomic E-state index is 12.1. The number of sulfonamides is 1. The Morgan fingerprint density at radius 2 is 1.95 bits per heavy atom. The molecule has 1 aromatic heterocycles. The van der Waals surface area contributed by atoms with E-state index in [2.05, 4.69) is 9.71 Å². The van der Waals surface area contributed by atoms with E-state index in [0.29, 0.717) is 11.4 Å². The fourth-order valence-corrected chi connectivity index (χ4v) is 3.37. The van der Waals surface area contributed by atoms with Crippen LogP contribution in [0.25, 0.3) is 0 Å². The molecule has 0 fully saturated rings. The van der Waals surface area contributed by atoms with E-state index in [1.807, 2.05) is 37.3 Å². The molecule has 1 aromatic carbocycles. The van der Waals surface area contributed by atoms with Crippen molar-refractivity contribution in [1.82, 2.24) is 4.98 Å². The summed E-state index contributed by atoms with van der Waals surface area (Å²) in [4.78, 5) is 3.82. The van der Waals surface area contributed by atoms with Crippen LogP contribution in [-0.2, 0) is 10.0 Å². The molecule has 6 heteroatoms. The Hall–Kier alpha value is -2.08. The highest BCUT2D eigenvalue weighted by Gasteiger charge is 2.17. The maximum atomic E-state index is 12.1. The lowest BCUT2D eigenvalue weighted by Gasteiger charge is -2.14. The number of nitrogens with zero attached hydrogens (tertiary/aromatic N) is 1. The van der Waals surface area contributed by atoms with Crippen molar-refractivity contribution in [2.75, 3.05) is 16.2 Å². The second kappa shape index (κ2) is 5.92. The lowest BCUT2D eigenvalue weighted by atomic mass is 10.0. The van der Waals surface area contributed by atoms with Crippen molar-refractivity contribution < 1.29 is 8.42 Å². The van der Waals surface area contributed by atoms with Gasteiger partial charge in [0.05, 0.1) is 23.3 Å². The zero-order valence-corrected chi connectivity index (χ0v) is 12.0. The predicted octanol–water partition coefficient (Wildman–Crippen LogP) is 2.21. The van der Waals surface area contributed by atoms with Gasteiger partial charge in [0.1, 0.15) is 0 Å². The summed E-state index contributed by atoms with van der Waals surface area (Å²) in [6.07, 6.45) is 2.91. The molecule has 2 aromatic rings. The number of hydrogen-bond donors (Lipinski definition) is 2. The molecule has 5 nitrogen and oxygen atoms in total. The molecular formula is C14H17N3O2S. The van der Waals surface area contributed by atoms with Gasteiger partial charge in [-0.1, -0.05) is 37.3 Å². The Morgan fingerprint density at radius 3 is 2.60 bits per heavy atom. The third kappa shape index (κ3) is 3.71. The molecule has 3 N–H and O–H groups in total. The Labute approximate surface area is 118 Å². The first-order valence-corrected chi connectivity index (χ1v) is 7.88. The normalized spacial score (nSPS) is 12.8. The van der Waals surface area contributed by atoms with Gasteiger partial charge in [0.25, 0.3) is 0 Å². The number of benzene rings is 1. The zero-order chi connectivity index (χ0) is 14.6. The summed E-state index contributed by atoms with van der Waals surface area (Å²) in [5.74, 6) is -0.101. The van der Waals surface area contributed by atoms with Crippen molar-refractivity contribution in [3.8, 4) is 0 Å². The Balaban J connectivity index is 2.10. The quantitative estimate of drug-likeness (QED) is 0.884. The number of pyridine rings is 1. The molecule has 20 heavy (non-hydrogen) atoms. The fraction of sp³-hybridized carbons (Fsp3) is 0.214. The molecule has 0 spiro atoms. The van der Waals surface area contributed by atoms with E-state index in [9.17, 15) is 8.42 Å². The van der Waals surface area contributed by atoms with Gasteiger partial charge in [0.15, 0.2) is 0 Å². The SMILES string of the molecule is CC(CS(=O)(=O)Nc1ccncc1N)c1ccccc1. The van der Waals surface area contributed by atoms with Crippen molar-refractivity contribution in [3.05, 3.63) is 54.4 Å². The van der Waals surface area contributed by atoms with Crippen molar-refractivity contribution in [2.24, 2.45) is 0 Å². The summed E-state index contributed by atoms with van der Waals surface area (Å²) in [6, 6.07) is 11.1. The van der Waals surface area contributed by atoms with Crippen LogP contribution in [0.4, 0.5) is 11.4 Å². The molecule has 1 atom stereocenters. The second-order valence-corrected chi connectivity index (χ2v) is 6.43. The van der Waals surface area contributed by atoms with E-state index in [1.54, 1.807) is 6.07 Å². The van der Waals surface area contributed by atoms with E-state index in [-0.39, 0.29) is 11.7 Å². The predicted molar refractivity (Wildman–Crippen MR) is 80.9 cm³/mol. The standard InChI is InChI=1S/C14H17N3O2S/c1-11(12-5-3-2-4-6-12)10-20(18,19)17-14-7-8-16-9-13(14)15/h2-9,11H,10,15H2,1H3,(H,16,17). The van der Waals surface area contributed by atoms with Crippen molar-refractivity contribution in [2.45, 2.75) is 12.8 Å². The Bertz CT molecular complexity index is 672. The Morgan fingerprint density at radius 1 is 1.25 bits per heavy atom. The highest BCUT2D eigenvalue weighted by atomic mass is 32.2. The molecule has 0 aliphatic carbocycles. The average molecular weight is 291 g/mol. The van der Waals surface area contributed by atoms with Crippen LogP contribution in [0.15, 0.2) is 48.8 Å². The van der Waals surface area contributed by atoms with Gasteiger partial charge in [0, 0.05) is 6.20 Å². The number of nitrogens with two attached hydrogens (primary N) is 1. The van der Waals surface area contributed by atoms with Crippen molar-refractivity contribution in [1.29, 1.82) is 0 Å². The van der Waals surface area contributed by atoms with Crippen LogP contribution < -0.4 is 10.5 Å². The molecule has 0 amide bonds. The van der Waals surface area contributed by atoms with Gasteiger partial charge < -0.3 is 5.73 Å². The molecule has 0 saturated heterocycles.